The van der Waals surface area contributed by atoms with Crippen molar-refractivity contribution in [3.8, 4) is 22.6 Å². The number of rotatable bonds is 4. The molecule has 0 saturated carbocycles. The van der Waals surface area contributed by atoms with Crippen LogP contribution in [0.15, 0.2) is 43.1 Å². The van der Waals surface area contributed by atoms with Crippen LogP contribution in [0.5, 0.6) is 0 Å². The maximum absolute atomic E-state index is 13.2. The molecule has 0 atom stereocenters. The van der Waals surface area contributed by atoms with Gasteiger partial charge in [0.25, 0.3) is 5.91 Å². The number of hydrogen-bond donors (Lipinski definition) is 3. The highest BCUT2D eigenvalue weighted by molar-refractivity contribution is 6.06. The molecule has 7 heterocycles. The van der Waals surface area contributed by atoms with Crippen LogP contribution in [0, 0.1) is 0 Å². The number of nitrogen functional groups attached to an aromatic ring is 1. The third kappa shape index (κ3) is 4.55. The largest absolute Gasteiger partial charge is 0.339 e. The Morgan fingerprint density at radius 2 is 1.67 bits per heavy atom. The van der Waals surface area contributed by atoms with E-state index in [-0.39, 0.29) is 11.9 Å². The SMILES string of the molecule is CN1CCN(C(=O)Nc2cncc(-c3cnc4n[nH]c(-c5nc6c(C(=O)N7CCCC7)cncc6n5N)c4c3)c2)CC1. The van der Waals surface area contributed by atoms with Gasteiger partial charge in [-0.2, -0.15) is 5.10 Å². The van der Waals surface area contributed by atoms with Crippen LogP contribution in [0.3, 0.4) is 0 Å². The fourth-order valence-electron chi connectivity index (χ4n) is 5.54. The number of piperazine rings is 1. The number of anilines is 1. The van der Waals surface area contributed by atoms with Crippen molar-refractivity contribution in [1.82, 2.24) is 49.5 Å². The summed E-state index contributed by atoms with van der Waals surface area (Å²) in [6.07, 6.45) is 10.2. The third-order valence-corrected chi connectivity index (χ3v) is 7.97. The van der Waals surface area contributed by atoms with Crippen molar-refractivity contribution in [2.75, 3.05) is 57.5 Å². The number of nitrogens with two attached hydrogens (primary N) is 1. The number of carbonyl (C=O) groups is 2. The molecule has 0 aromatic carbocycles. The maximum Gasteiger partial charge on any atom is 0.321 e. The quantitative estimate of drug-likeness (QED) is 0.276. The minimum Gasteiger partial charge on any atom is -0.339 e. The van der Waals surface area contributed by atoms with Gasteiger partial charge in [-0.25, -0.2) is 19.4 Å². The molecule has 5 aromatic heterocycles. The number of carbonyl (C=O) groups excluding carboxylic acids is 2. The van der Waals surface area contributed by atoms with Gasteiger partial charge in [0.05, 0.1) is 29.0 Å². The van der Waals surface area contributed by atoms with Crippen LogP contribution >= 0.6 is 0 Å². The van der Waals surface area contributed by atoms with Crippen molar-refractivity contribution >= 4 is 39.7 Å². The van der Waals surface area contributed by atoms with E-state index >= 15 is 0 Å². The molecule has 0 bridgehead atoms. The average molecular weight is 567 g/mol. The molecule has 2 aliphatic rings. The molecule has 0 spiro atoms. The van der Waals surface area contributed by atoms with Crippen LogP contribution in [-0.2, 0) is 0 Å². The smallest absolute Gasteiger partial charge is 0.321 e. The van der Waals surface area contributed by atoms with Crippen LogP contribution in [0.25, 0.3) is 44.7 Å². The van der Waals surface area contributed by atoms with Crippen LogP contribution in [-0.4, -0.2) is 108 Å². The maximum atomic E-state index is 13.2. The topological polar surface area (TPSA) is 167 Å². The molecule has 14 heteroatoms. The molecule has 2 fully saturated rings. The van der Waals surface area contributed by atoms with Crippen LogP contribution in [0.1, 0.15) is 23.2 Å². The first-order chi connectivity index (χ1) is 20.5. The van der Waals surface area contributed by atoms with Crippen molar-refractivity contribution < 1.29 is 9.59 Å². The Labute approximate surface area is 240 Å². The second-order valence-electron chi connectivity index (χ2n) is 10.7. The zero-order chi connectivity index (χ0) is 28.8. The molecule has 2 saturated heterocycles. The highest BCUT2D eigenvalue weighted by Crippen LogP contribution is 2.31. The Morgan fingerprint density at radius 3 is 2.48 bits per heavy atom. The monoisotopic (exact) mass is 566 g/mol. The van der Waals surface area contributed by atoms with E-state index in [0.717, 1.165) is 50.1 Å². The molecular weight excluding hydrogens is 536 g/mol. The number of nitrogens with one attached hydrogen (secondary N) is 2. The molecule has 4 N–H and O–H groups in total. The zero-order valence-corrected chi connectivity index (χ0v) is 23.1. The first kappa shape index (κ1) is 25.8. The molecule has 0 radical (unpaired) electrons. The van der Waals surface area contributed by atoms with Crippen molar-refractivity contribution in [3.05, 3.63) is 48.7 Å². The lowest BCUT2D eigenvalue weighted by Crippen LogP contribution is -2.48. The van der Waals surface area contributed by atoms with Crippen LogP contribution < -0.4 is 11.2 Å². The molecule has 0 unspecified atom stereocenters. The summed E-state index contributed by atoms with van der Waals surface area (Å²) in [5.41, 5.74) is 4.63. The molecule has 14 nitrogen and oxygen atoms in total. The predicted molar refractivity (Wildman–Crippen MR) is 157 cm³/mol. The van der Waals surface area contributed by atoms with Gasteiger partial charge in [-0.3, -0.25) is 19.9 Å². The number of aromatic amines is 1. The molecule has 3 amide bonds. The number of fused-ring (bicyclic) bond motifs is 2. The average Bonchev–Trinajstić information content (AvgIpc) is 3.76. The van der Waals surface area contributed by atoms with E-state index < -0.39 is 0 Å². The highest BCUT2D eigenvalue weighted by Gasteiger charge is 2.26. The van der Waals surface area contributed by atoms with Crippen molar-refractivity contribution in [1.29, 1.82) is 0 Å². The lowest BCUT2D eigenvalue weighted by atomic mass is 10.1. The third-order valence-electron chi connectivity index (χ3n) is 7.97. The Morgan fingerprint density at radius 1 is 0.905 bits per heavy atom. The lowest BCUT2D eigenvalue weighted by molar-refractivity contribution is 0.0794. The molecule has 7 rings (SSSR count). The number of urea groups is 1. The van der Waals surface area contributed by atoms with Gasteiger partial charge in [0.15, 0.2) is 11.5 Å². The number of nitrogens with zero attached hydrogens (tertiary/aromatic N) is 9. The molecule has 2 aliphatic heterocycles. The first-order valence-corrected chi connectivity index (χ1v) is 13.9. The minimum absolute atomic E-state index is 0.0965. The van der Waals surface area contributed by atoms with Crippen LogP contribution in [0.2, 0.25) is 0 Å². The Kier molecular flexibility index (Phi) is 6.38. The summed E-state index contributed by atoms with van der Waals surface area (Å²) in [6.45, 7) is 4.48. The normalized spacial score (nSPS) is 16.0. The van der Waals surface area contributed by atoms with Gasteiger partial charge in [-0.05, 0) is 32.0 Å². The molecule has 42 heavy (non-hydrogen) atoms. The van der Waals surface area contributed by atoms with E-state index in [2.05, 4.69) is 35.4 Å². The van der Waals surface area contributed by atoms with Crippen LogP contribution in [0.4, 0.5) is 10.5 Å². The van der Waals surface area contributed by atoms with Gasteiger partial charge in [0.1, 0.15) is 16.7 Å². The Balaban J connectivity index is 1.21. The molecule has 214 valence electrons. The van der Waals surface area contributed by atoms with Gasteiger partial charge >= 0.3 is 6.03 Å². The molecular formula is C28H30N12O2. The van der Waals surface area contributed by atoms with Gasteiger partial charge < -0.3 is 25.9 Å². The summed E-state index contributed by atoms with van der Waals surface area (Å²) in [4.78, 5) is 49.8. The number of amides is 3. The number of aromatic nitrogens is 7. The Bertz CT molecular complexity index is 1810. The van der Waals surface area contributed by atoms with E-state index in [0.29, 0.717) is 57.9 Å². The fourth-order valence-corrected chi connectivity index (χ4v) is 5.54. The van der Waals surface area contributed by atoms with Gasteiger partial charge in [0, 0.05) is 69.0 Å². The van der Waals surface area contributed by atoms with Gasteiger partial charge in [0.2, 0.25) is 0 Å². The van der Waals surface area contributed by atoms with Gasteiger partial charge in [-0.1, -0.05) is 0 Å². The minimum atomic E-state index is -0.147. The zero-order valence-electron chi connectivity index (χ0n) is 23.1. The summed E-state index contributed by atoms with van der Waals surface area (Å²) >= 11 is 0. The molecule has 5 aromatic rings. The summed E-state index contributed by atoms with van der Waals surface area (Å²) in [6, 6.07) is 3.65. The van der Waals surface area contributed by atoms with E-state index in [1.54, 1.807) is 35.9 Å². The molecule has 0 aliphatic carbocycles. The summed E-state index contributed by atoms with van der Waals surface area (Å²) in [5.74, 6) is 6.80. The number of likely N-dealkylation sites (tertiary alicyclic amines) is 1. The van der Waals surface area contributed by atoms with E-state index in [1.807, 2.05) is 24.1 Å². The van der Waals surface area contributed by atoms with Crippen molar-refractivity contribution in [2.45, 2.75) is 12.8 Å². The predicted octanol–water partition coefficient (Wildman–Crippen LogP) is 2.16. The van der Waals surface area contributed by atoms with E-state index in [9.17, 15) is 9.59 Å². The standard InChI is InChI=1S/C28H30N12O2/c1-37-6-8-39(9-7-37)28(42)33-19-10-17(12-30-14-19)18-11-20-24(35-36-25(20)32-13-18)26-34-23-21(15-31-16-22(23)40(26)29)27(41)38-4-2-3-5-38/h10-16H,2-9,29H2,1H3,(H,33,42)(H,32,35,36). The highest BCUT2D eigenvalue weighted by atomic mass is 16.2. The lowest BCUT2D eigenvalue weighted by Gasteiger charge is -2.32. The second-order valence-corrected chi connectivity index (χ2v) is 10.7. The van der Waals surface area contributed by atoms with Gasteiger partial charge in [-0.15, -0.1) is 0 Å². The Hall–Kier alpha value is -5.11. The number of H-pyrrole nitrogens is 1. The fraction of sp³-hybridized carbons (Fsp3) is 0.321. The first-order valence-electron chi connectivity index (χ1n) is 13.9. The number of likely N-dealkylation sites (N-methyl/N-ethyl adjacent to an activating group) is 1. The summed E-state index contributed by atoms with van der Waals surface area (Å²) < 4.78 is 1.42. The van der Waals surface area contributed by atoms with Crippen molar-refractivity contribution in [2.24, 2.45) is 0 Å². The number of hydrogen-bond acceptors (Lipinski definition) is 9. The summed E-state index contributed by atoms with van der Waals surface area (Å²) in [5, 5.41) is 11.0. The summed E-state index contributed by atoms with van der Waals surface area (Å²) in [7, 11) is 2.05. The number of imidazole rings is 1. The van der Waals surface area contributed by atoms with E-state index in [1.165, 1.54) is 4.68 Å². The van der Waals surface area contributed by atoms with E-state index in [4.69, 9.17) is 10.8 Å². The number of pyridine rings is 3. The second kappa shape index (κ2) is 10.4. The van der Waals surface area contributed by atoms with Crippen molar-refractivity contribution in [3.63, 3.8) is 0 Å².